The molecule has 1 amide bonds. The molecule has 7 nitrogen and oxygen atoms in total. The van der Waals surface area contributed by atoms with Gasteiger partial charge in [0.2, 0.25) is 0 Å². The van der Waals surface area contributed by atoms with Crippen LogP contribution in [-0.4, -0.2) is 84.5 Å². The first-order chi connectivity index (χ1) is 12.2. The highest BCUT2D eigenvalue weighted by Crippen LogP contribution is 2.30. The summed E-state index contributed by atoms with van der Waals surface area (Å²) in [7, 11) is 1.74. The van der Waals surface area contributed by atoms with E-state index in [-0.39, 0.29) is 30.7 Å². The van der Waals surface area contributed by atoms with Crippen LogP contribution in [-0.2, 0) is 15.1 Å². The molecule has 3 heterocycles. The van der Waals surface area contributed by atoms with Crippen LogP contribution in [0.5, 0.6) is 0 Å². The van der Waals surface area contributed by atoms with Crippen LogP contribution in [0.25, 0.3) is 0 Å². The average molecular weight is 422 g/mol. The number of halogens is 2. The van der Waals surface area contributed by atoms with E-state index in [0.717, 1.165) is 65.1 Å². The van der Waals surface area contributed by atoms with E-state index >= 15 is 0 Å². The molecule has 156 valence electrons. The fraction of sp³-hybridized carbons (Fsp3) is 0.778. The van der Waals surface area contributed by atoms with E-state index in [2.05, 4.69) is 27.1 Å². The van der Waals surface area contributed by atoms with Crippen molar-refractivity contribution in [3.8, 4) is 0 Å². The van der Waals surface area contributed by atoms with E-state index < -0.39 is 5.54 Å². The molecule has 2 aliphatic heterocycles. The minimum Gasteiger partial charge on any atom is -0.383 e. The summed E-state index contributed by atoms with van der Waals surface area (Å²) in [6.45, 7) is 8.10. The van der Waals surface area contributed by atoms with Crippen molar-refractivity contribution in [3.05, 3.63) is 18.5 Å². The van der Waals surface area contributed by atoms with E-state index in [1.54, 1.807) is 13.3 Å². The Morgan fingerprint density at radius 3 is 2.63 bits per heavy atom. The molecule has 1 aromatic heterocycles. The summed E-state index contributed by atoms with van der Waals surface area (Å²) in [6, 6.07) is 2.32. The van der Waals surface area contributed by atoms with Crippen molar-refractivity contribution >= 4 is 30.7 Å². The third kappa shape index (κ3) is 5.15. The molecule has 0 aliphatic carbocycles. The van der Waals surface area contributed by atoms with Crippen molar-refractivity contribution in [3.63, 3.8) is 0 Å². The molecule has 2 fully saturated rings. The molecule has 3 rings (SSSR count). The van der Waals surface area contributed by atoms with Crippen LogP contribution in [0.2, 0.25) is 0 Å². The van der Waals surface area contributed by atoms with Crippen molar-refractivity contribution in [2.45, 2.75) is 37.8 Å². The maximum Gasteiger partial charge on any atom is 0.250 e. The molecule has 1 atom stereocenters. The third-order valence-corrected chi connectivity index (χ3v) is 5.72. The fourth-order valence-electron chi connectivity index (χ4n) is 4.17. The zero-order valence-corrected chi connectivity index (χ0v) is 17.9. The highest BCUT2D eigenvalue weighted by molar-refractivity contribution is 5.86. The van der Waals surface area contributed by atoms with E-state index in [4.69, 9.17) is 4.74 Å². The maximum absolute atomic E-state index is 13.5. The Hall–Kier alpha value is -0.860. The fourth-order valence-corrected chi connectivity index (χ4v) is 4.17. The molecule has 0 aromatic carbocycles. The van der Waals surface area contributed by atoms with Gasteiger partial charge in [0.15, 0.2) is 0 Å². The summed E-state index contributed by atoms with van der Waals surface area (Å²) >= 11 is 0. The number of carbonyl (C=O) groups is 1. The van der Waals surface area contributed by atoms with Gasteiger partial charge in [-0.15, -0.1) is 24.8 Å². The topological polar surface area (TPSA) is 62.6 Å². The van der Waals surface area contributed by atoms with Crippen LogP contribution in [0.3, 0.4) is 0 Å². The number of rotatable bonds is 6. The number of aromatic nitrogens is 2. The van der Waals surface area contributed by atoms with Crippen LogP contribution < -0.4 is 5.32 Å². The zero-order chi connectivity index (χ0) is 17.7. The maximum atomic E-state index is 13.5. The molecule has 1 N–H and O–H groups in total. The lowest BCUT2D eigenvalue weighted by Crippen LogP contribution is -2.61. The molecule has 2 aliphatic rings. The van der Waals surface area contributed by atoms with Crippen molar-refractivity contribution in [1.82, 2.24) is 24.9 Å². The Bertz CT molecular complexity index is 552. The number of piperidine rings is 1. The summed E-state index contributed by atoms with van der Waals surface area (Å²) < 4.78 is 7.13. The van der Waals surface area contributed by atoms with E-state index in [9.17, 15) is 4.79 Å². The summed E-state index contributed by atoms with van der Waals surface area (Å²) in [6.07, 6.45) is 6.36. The lowest BCUT2D eigenvalue weighted by atomic mass is 9.86. The Kier molecular flexibility index (Phi) is 10.0. The van der Waals surface area contributed by atoms with E-state index in [1.807, 2.05) is 16.9 Å². The summed E-state index contributed by atoms with van der Waals surface area (Å²) in [5.74, 6) is 0.238. The molecular weight excluding hydrogens is 389 g/mol. The molecule has 0 bridgehead atoms. The normalized spacial score (nSPS) is 22.6. The first-order valence-corrected chi connectivity index (χ1v) is 9.44. The van der Waals surface area contributed by atoms with Crippen LogP contribution in [0.1, 0.15) is 26.2 Å². The minimum atomic E-state index is -0.526. The second kappa shape index (κ2) is 11.2. The average Bonchev–Trinajstić information content (AvgIpc) is 3.21. The monoisotopic (exact) mass is 421 g/mol. The number of piperazine rings is 1. The predicted molar refractivity (Wildman–Crippen MR) is 111 cm³/mol. The van der Waals surface area contributed by atoms with Crippen LogP contribution in [0.15, 0.2) is 18.5 Å². The van der Waals surface area contributed by atoms with Gasteiger partial charge in [-0.3, -0.25) is 14.4 Å². The first kappa shape index (κ1) is 24.2. The standard InChI is InChI=1S/C18H31N5O2.2ClH/c1-3-16-15-22(12-11-21(16)13-14-25-2)17(24)18(5-8-19-9-6-18)23-10-4-7-20-23;;/h4,7,10,16,19H,3,5-6,8-9,11-15H2,1-2H3;2*1H. The first-order valence-electron chi connectivity index (χ1n) is 9.44. The van der Waals surface area contributed by atoms with Gasteiger partial charge in [0.25, 0.3) is 5.91 Å². The van der Waals surface area contributed by atoms with E-state index in [0.29, 0.717) is 6.04 Å². The largest absolute Gasteiger partial charge is 0.383 e. The Balaban J connectivity index is 0.00000182. The SMILES string of the molecule is CCC1CN(C(=O)C2(n3cccn3)CCNCC2)CCN1CCOC.Cl.Cl. The lowest BCUT2D eigenvalue weighted by Gasteiger charge is -2.46. The number of nitrogens with one attached hydrogen (secondary N) is 1. The highest BCUT2D eigenvalue weighted by atomic mass is 35.5. The van der Waals surface area contributed by atoms with Crippen LogP contribution in [0, 0.1) is 0 Å². The Morgan fingerprint density at radius 1 is 1.30 bits per heavy atom. The second-order valence-electron chi connectivity index (χ2n) is 7.07. The molecule has 2 saturated heterocycles. The van der Waals surface area contributed by atoms with Gasteiger partial charge in [-0.2, -0.15) is 5.10 Å². The number of nitrogens with zero attached hydrogens (tertiary/aromatic N) is 4. The van der Waals surface area contributed by atoms with Crippen molar-refractivity contribution < 1.29 is 9.53 Å². The number of ether oxygens (including phenoxy) is 1. The predicted octanol–water partition coefficient (Wildman–Crippen LogP) is 1.37. The number of hydrogen-bond acceptors (Lipinski definition) is 5. The summed E-state index contributed by atoms with van der Waals surface area (Å²) in [5.41, 5.74) is -0.526. The Morgan fingerprint density at radius 2 is 2.04 bits per heavy atom. The van der Waals surface area contributed by atoms with Crippen molar-refractivity contribution in [2.75, 3.05) is 53.0 Å². The second-order valence-corrected chi connectivity index (χ2v) is 7.07. The minimum absolute atomic E-state index is 0. The highest BCUT2D eigenvalue weighted by Gasteiger charge is 2.45. The third-order valence-electron chi connectivity index (χ3n) is 5.72. The molecule has 27 heavy (non-hydrogen) atoms. The van der Waals surface area contributed by atoms with Gasteiger partial charge < -0.3 is 15.0 Å². The number of methoxy groups -OCH3 is 1. The molecule has 1 unspecified atom stereocenters. The lowest BCUT2D eigenvalue weighted by molar-refractivity contribution is -0.146. The molecule has 1 aromatic rings. The van der Waals surface area contributed by atoms with Crippen molar-refractivity contribution in [2.24, 2.45) is 0 Å². The van der Waals surface area contributed by atoms with Gasteiger partial charge in [0.1, 0.15) is 5.54 Å². The molecule has 0 spiro atoms. The quantitative estimate of drug-likeness (QED) is 0.751. The van der Waals surface area contributed by atoms with Crippen molar-refractivity contribution in [1.29, 1.82) is 0 Å². The number of carbonyl (C=O) groups excluding carboxylic acids is 1. The van der Waals surface area contributed by atoms with Gasteiger partial charge in [0.05, 0.1) is 6.61 Å². The zero-order valence-electron chi connectivity index (χ0n) is 16.3. The van der Waals surface area contributed by atoms with Gasteiger partial charge in [-0.05, 0) is 38.4 Å². The number of hydrogen-bond donors (Lipinski definition) is 1. The smallest absolute Gasteiger partial charge is 0.250 e. The molecular formula is C18H33Cl2N5O2. The molecule has 0 radical (unpaired) electrons. The van der Waals surface area contributed by atoms with Gasteiger partial charge in [-0.1, -0.05) is 6.92 Å². The van der Waals surface area contributed by atoms with E-state index in [1.165, 1.54) is 0 Å². The summed E-state index contributed by atoms with van der Waals surface area (Å²) in [4.78, 5) is 18.1. The number of amides is 1. The van der Waals surface area contributed by atoms with Gasteiger partial charge in [0, 0.05) is 51.7 Å². The Labute approximate surface area is 174 Å². The van der Waals surface area contributed by atoms with Crippen LogP contribution >= 0.6 is 24.8 Å². The van der Waals surface area contributed by atoms with Crippen LogP contribution in [0.4, 0.5) is 0 Å². The summed E-state index contributed by atoms with van der Waals surface area (Å²) in [5, 5.41) is 7.81. The molecule has 9 heteroatoms. The molecule has 0 saturated carbocycles. The van der Waals surface area contributed by atoms with Gasteiger partial charge >= 0.3 is 0 Å². The van der Waals surface area contributed by atoms with Gasteiger partial charge in [-0.25, -0.2) is 0 Å².